The molecule has 1 N–H and O–H groups in total. The van der Waals surface area contributed by atoms with Crippen LogP contribution in [0.4, 0.5) is 4.39 Å². The lowest BCUT2D eigenvalue weighted by Gasteiger charge is -2.25. The summed E-state index contributed by atoms with van der Waals surface area (Å²) < 4.78 is 13.5. The van der Waals surface area contributed by atoms with Gasteiger partial charge in [-0.1, -0.05) is 29.8 Å². The molecule has 0 bridgehead atoms. The number of halogens is 2. The van der Waals surface area contributed by atoms with E-state index in [1.165, 1.54) is 22.6 Å². The van der Waals surface area contributed by atoms with Gasteiger partial charge in [0.2, 0.25) is 0 Å². The number of hydrogen-bond acceptors (Lipinski definition) is 2. The number of rotatable bonds is 3. The van der Waals surface area contributed by atoms with Crippen LogP contribution < -0.4 is 5.32 Å². The number of fused-ring (bicyclic) bond motifs is 1. The number of likely N-dealkylation sites (N-methyl/N-ethyl adjacent to an activating group) is 1. The highest BCUT2D eigenvalue weighted by molar-refractivity contribution is 7.99. The second-order valence-electron chi connectivity index (χ2n) is 4.89. The van der Waals surface area contributed by atoms with Crippen LogP contribution in [-0.4, -0.2) is 12.8 Å². The molecule has 0 amide bonds. The zero-order chi connectivity index (χ0) is 14.1. The Balaban J connectivity index is 2.01. The Morgan fingerprint density at radius 1 is 1.30 bits per heavy atom. The number of nitrogens with one attached hydrogen (secondary N) is 1. The Morgan fingerprint density at radius 3 is 2.90 bits per heavy atom. The van der Waals surface area contributed by atoms with Crippen LogP contribution in [0.3, 0.4) is 0 Å². The van der Waals surface area contributed by atoms with Gasteiger partial charge >= 0.3 is 0 Å². The van der Waals surface area contributed by atoms with Gasteiger partial charge in [-0.05, 0) is 42.4 Å². The van der Waals surface area contributed by atoms with Crippen molar-refractivity contribution >= 4 is 23.4 Å². The Kier molecular flexibility index (Phi) is 4.01. The zero-order valence-electron chi connectivity index (χ0n) is 11.1. The minimum absolute atomic E-state index is 0.0225. The molecule has 1 nitrogen and oxygen atoms in total. The Morgan fingerprint density at radius 2 is 2.10 bits per heavy atom. The van der Waals surface area contributed by atoms with Crippen LogP contribution in [0.1, 0.15) is 23.1 Å². The van der Waals surface area contributed by atoms with Crippen molar-refractivity contribution in [2.45, 2.75) is 16.9 Å². The van der Waals surface area contributed by atoms with Crippen molar-refractivity contribution in [2.75, 3.05) is 12.8 Å². The van der Waals surface area contributed by atoms with Crippen molar-refractivity contribution < 1.29 is 4.39 Å². The van der Waals surface area contributed by atoms with E-state index in [4.69, 9.17) is 11.6 Å². The van der Waals surface area contributed by atoms with Gasteiger partial charge in [0.25, 0.3) is 0 Å². The standard InChI is InChI=1S/C16H15ClFNS/c1-19-16(12-8-10(18)6-7-14(12)17)13-9-20-15-5-3-2-4-11(13)15/h2-8,13,16,19H,9H2,1H3. The molecule has 0 spiro atoms. The molecular weight excluding hydrogens is 293 g/mol. The molecule has 0 aliphatic carbocycles. The molecule has 0 fully saturated rings. The minimum Gasteiger partial charge on any atom is -0.312 e. The summed E-state index contributed by atoms with van der Waals surface area (Å²) in [7, 11) is 1.90. The third kappa shape index (κ3) is 2.46. The van der Waals surface area contributed by atoms with Crippen LogP contribution >= 0.6 is 23.4 Å². The van der Waals surface area contributed by atoms with Gasteiger partial charge in [0, 0.05) is 27.6 Å². The van der Waals surface area contributed by atoms with E-state index in [0.29, 0.717) is 10.9 Å². The lowest BCUT2D eigenvalue weighted by molar-refractivity contribution is 0.510. The van der Waals surface area contributed by atoms with Gasteiger partial charge in [-0.15, -0.1) is 11.8 Å². The summed E-state index contributed by atoms with van der Waals surface area (Å²) in [5.74, 6) is 1.04. The third-order valence-electron chi connectivity index (χ3n) is 3.74. The highest BCUT2D eigenvalue weighted by atomic mass is 35.5. The molecule has 2 unspecified atom stereocenters. The van der Waals surface area contributed by atoms with E-state index in [1.807, 2.05) is 18.8 Å². The largest absolute Gasteiger partial charge is 0.312 e. The van der Waals surface area contributed by atoms with E-state index < -0.39 is 0 Å². The fraction of sp³-hybridized carbons (Fsp3) is 0.250. The van der Waals surface area contributed by atoms with Crippen molar-refractivity contribution in [2.24, 2.45) is 0 Å². The van der Waals surface area contributed by atoms with Gasteiger partial charge < -0.3 is 5.32 Å². The first kappa shape index (κ1) is 13.9. The molecule has 1 aliphatic rings. The Labute approximate surface area is 127 Å². The van der Waals surface area contributed by atoms with E-state index in [2.05, 4.69) is 29.6 Å². The molecule has 2 aromatic carbocycles. The minimum atomic E-state index is -0.247. The molecule has 2 aromatic rings. The molecule has 3 rings (SSSR count). The fourth-order valence-electron chi connectivity index (χ4n) is 2.79. The Hall–Kier alpha value is -1.03. The molecule has 104 valence electrons. The maximum absolute atomic E-state index is 13.5. The van der Waals surface area contributed by atoms with Crippen molar-refractivity contribution in [1.29, 1.82) is 0 Å². The second kappa shape index (κ2) is 5.76. The molecule has 0 radical (unpaired) electrons. The van der Waals surface area contributed by atoms with Crippen molar-refractivity contribution in [3.8, 4) is 0 Å². The van der Waals surface area contributed by atoms with Crippen molar-refractivity contribution in [3.63, 3.8) is 0 Å². The van der Waals surface area contributed by atoms with E-state index >= 15 is 0 Å². The van der Waals surface area contributed by atoms with E-state index in [0.717, 1.165) is 11.3 Å². The van der Waals surface area contributed by atoms with Crippen molar-refractivity contribution in [3.05, 3.63) is 64.4 Å². The molecule has 1 aliphatic heterocycles. The van der Waals surface area contributed by atoms with Crippen LogP contribution in [0.25, 0.3) is 0 Å². The van der Waals surface area contributed by atoms with Crippen LogP contribution in [0, 0.1) is 5.82 Å². The number of hydrogen-bond donors (Lipinski definition) is 1. The quantitative estimate of drug-likeness (QED) is 0.887. The molecule has 1 heterocycles. The smallest absolute Gasteiger partial charge is 0.123 e. The molecule has 2 atom stereocenters. The lowest BCUT2D eigenvalue weighted by Crippen LogP contribution is -2.24. The highest BCUT2D eigenvalue weighted by Gasteiger charge is 2.31. The summed E-state index contributed by atoms with van der Waals surface area (Å²) in [5.41, 5.74) is 2.15. The average Bonchev–Trinajstić information content (AvgIpc) is 2.88. The SMILES string of the molecule is CNC(c1cc(F)ccc1Cl)C1CSc2ccccc21. The van der Waals surface area contributed by atoms with Gasteiger partial charge in [-0.3, -0.25) is 0 Å². The highest BCUT2D eigenvalue weighted by Crippen LogP contribution is 2.46. The predicted molar refractivity (Wildman–Crippen MR) is 83.1 cm³/mol. The second-order valence-corrected chi connectivity index (χ2v) is 6.36. The van der Waals surface area contributed by atoms with Gasteiger partial charge in [-0.25, -0.2) is 4.39 Å². The summed E-state index contributed by atoms with van der Waals surface area (Å²) in [6.07, 6.45) is 0. The average molecular weight is 308 g/mol. The maximum Gasteiger partial charge on any atom is 0.123 e. The molecular formula is C16H15ClFNS. The zero-order valence-corrected chi connectivity index (χ0v) is 12.6. The number of benzene rings is 2. The summed E-state index contributed by atoms with van der Waals surface area (Å²) in [5, 5.41) is 3.92. The van der Waals surface area contributed by atoms with E-state index in [-0.39, 0.29) is 11.9 Å². The lowest BCUT2D eigenvalue weighted by atomic mass is 9.88. The summed E-state index contributed by atoms with van der Waals surface area (Å²) >= 11 is 8.11. The first-order valence-corrected chi connectivity index (χ1v) is 7.91. The van der Waals surface area contributed by atoms with Crippen molar-refractivity contribution in [1.82, 2.24) is 5.32 Å². The monoisotopic (exact) mass is 307 g/mol. The van der Waals surface area contributed by atoms with Crippen LogP contribution in [0.5, 0.6) is 0 Å². The molecule has 4 heteroatoms. The topological polar surface area (TPSA) is 12.0 Å². The molecule has 0 saturated heterocycles. The molecule has 0 saturated carbocycles. The Bertz CT molecular complexity index is 632. The van der Waals surface area contributed by atoms with Crippen LogP contribution in [0.2, 0.25) is 5.02 Å². The number of thioether (sulfide) groups is 1. The molecule has 0 aromatic heterocycles. The first-order chi connectivity index (χ1) is 9.70. The van der Waals surface area contributed by atoms with Gasteiger partial charge in [0.15, 0.2) is 0 Å². The van der Waals surface area contributed by atoms with Gasteiger partial charge in [0.05, 0.1) is 0 Å². The first-order valence-electron chi connectivity index (χ1n) is 6.54. The van der Waals surface area contributed by atoms with E-state index in [9.17, 15) is 4.39 Å². The third-order valence-corrected chi connectivity index (χ3v) is 5.30. The van der Waals surface area contributed by atoms with Gasteiger partial charge in [-0.2, -0.15) is 0 Å². The molecule has 20 heavy (non-hydrogen) atoms. The summed E-state index contributed by atoms with van der Waals surface area (Å²) in [4.78, 5) is 1.31. The maximum atomic E-state index is 13.5. The normalized spacial score (nSPS) is 18.9. The van der Waals surface area contributed by atoms with Crippen LogP contribution in [0.15, 0.2) is 47.4 Å². The summed E-state index contributed by atoms with van der Waals surface area (Å²) in [6.45, 7) is 0. The van der Waals surface area contributed by atoms with E-state index in [1.54, 1.807) is 6.07 Å². The predicted octanol–water partition coefficient (Wildman–Crippen LogP) is 4.63. The fourth-order valence-corrected chi connectivity index (χ4v) is 4.32. The van der Waals surface area contributed by atoms with Crippen LogP contribution in [-0.2, 0) is 0 Å². The summed E-state index contributed by atoms with van der Waals surface area (Å²) in [6, 6.07) is 13.0. The van der Waals surface area contributed by atoms with Gasteiger partial charge in [0.1, 0.15) is 5.82 Å².